The summed E-state index contributed by atoms with van der Waals surface area (Å²) in [6.45, 7) is 6.00. The largest absolute Gasteiger partial charge is 0.368 e. The zero-order valence-corrected chi connectivity index (χ0v) is 18.0. The normalized spacial score (nSPS) is 14.4. The topological polar surface area (TPSA) is 106 Å². The predicted molar refractivity (Wildman–Crippen MR) is 119 cm³/mol. The monoisotopic (exact) mass is 421 g/mol. The molecule has 0 unspecified atom stereocenters. The zero-order valence-electron chi connectivity index (χ0n) is 17.2. The van der Waals surface area contributed by atoms with Crippen LogP contribution in [0.15, 0.2) is 24.5 Å². The van der Waals surface area contributed by atoms with Crippen LogP contribution in [-0.4, -0.2) is 65.1 Å². The lowest BCUT2D eigenvalue weighted by atomic mass is 10.2. The van der Waals surface area contributed by atoms with Crippen LogP contribution in [0.2, 0.25) is 0 Å². The molecule has 2 N–H and O–H groups in total. The molecule has 1 aliphatic rings. The fraction of sp³-hybridized carbons (Fsp3) is 0.350. The Morgan fingerprint density at radius 2 is 1.90 bits per heavy atom. The van der Waals surface area contributed by atoms with E-state index in [9.17, 15) is 5.26 Å². The highest BCUT2D eigenvalue weighted by Crippen LogP contribution is 2.33. The Hall–Kier alpha value is -3.29. The molecule has 10 heteroatoms. The summed E-state index contributed by atoms with van der Waals surface area (Å²) in [5.74, 6) is 1.04. The van der Waals surface area contributed by atoms with E-state index in [0.717, 1.165) is 47.6 Å². The lowest BCUT2D eigenvalue weighted by Crippen LogP contribution is -2.44. The third kappa shape index (κ3) is 4.17. The maximum absolute atomic E-state index is 9.48. The summed E-state index contributed by atoms with van der Waals surface area (Å²) in [6, 6.07) is 6.14. The van der Waals surface area contributed by atoms with Crippen LogP contribution in [0.1, 0.15) is 11.3 Å². The van der Waals surface area contributed by atoms with Crippen molar-refractivity contribution in [3.8, 4) is 16.6 Å². The first-order valence-corrected chi connectivity index (χ1v) is 10.5. The third-order valence-corrected chi connectivity index (χ3v) is 6.17. The van der Waals surface area contributed by atoms with Gasteiger partial charge in [-0.15, -0.1) is 0 Å². The number of nitriles is 1. The molecule has 0 aliphatic carbocycles. The van der Waals surface area contributed by atoms with Gasteiger partial charge in [-0.05, 0) is 26.1 Å². The lowest BCUT2D eigenvalue weighted by Gasteiger charge is -2.33. The second-order valence-electron chi connectivity index (χ2n) is 7.07. The number of rotatable bonds is 5. The van der Waals surface area contributed by atoms with E-state index in [-0.39, 0.29) is 0 Å². The van der Waals surface area contributed by atoms with Crippen molar-refractivity contribution in [1.29, 1.82) is 5.26 Å². The van der Waals surface area contributed by atoms with Crippen molar-refractivity contribution < 1.29 is 0 Å². The van der Waals surface area contributed by atoms with Crippen LogP contribution in [0.25, 0.3) is 10.6 Å². The fourth-order valence-corrected chi connectivity index (χ4v) is 4.17. The maximum Gasteiger partial charge on any atom is 0.229 e. The lowest BCUT2D eigenvalue weighted by molar-refractivity contribution is 0.313. The van der Waals surface area contributed by atoms with Crippen molar-refractivity contribution in [2.75, 3.05) is 55.8 Å². The van der Waals surface area contributed by atoms with Gasteiger partial charge < -0.3 is 20.4 Å². The van der Waals surface area contributed by atoms with Crippen molar-refractivity contribution in [1.82, 2.24) is 24.8 Å². The van der Waals surface area contributed by atoms with Gasteiger partial charge in [0.25, 0.3) is 0 Å². The molecule has 0 atom stereocenters. The summed E-state index contributed by atoms with van der Waals surface area (Å²) >= 11 is 1.46. The smallest absolute Gasteiger partial charge is 0.229 e. The Morgan fingerprint density at radius 1 is 1.10 bits per heavy atom. The summed E-state index contributed by atoms with van der Waals surface area (Å²) in [5, 5.41) is 16.4. The average molecular weight is 422 g/mol. The second-order valence-corrected chi connectivity index (χ2v) is 8.07. The molecule has 0 amide bonds. The predicted octanol–water partition coefficient (Wildman–Crippen LogP) is 2.71. The minimum absolute atomic E-state index is 0.391. The van der Waals surface area contributed by atoms with E-state index in [1.807, 2.05) is 26.2 Å². The standard InChI is InChI=1S/C20H23N9S/c1-13-18(30-20(22-2)25-13)17-14(10-21)11-24-19(27-17)26-16-5-4-15(12-23-16)29-8-6-28(3)7-9-29/h4-5,11-12H,6-9H2,1-3H3,(H,22,25)(H,23,24,26,27). The first-order chi connectivity index (χ1) is 14.6. The van der Waals surface area contributed by atoms with Crippen molar-refractivity contribution in [2.45, 2.75) is 6.92 Å². The van der Waals surface area contributed by atoms with Crippen LogP contribution >= 0.6 is 11.3 Å². The summed E-state index contributed by atoms with van der Waals surface area (Å²) in [4.78, 5) is 23.3. The summed E-state index contributed by atoms with van der Waals surface area (Å²) < 4.78 is 0. The molecule has 1 aliphatic heterocycles. The van der Waals surface area contributed by atoms with Crippen molar-refractivity contribution in [3.63, 3.8) is 0 Å². The molecule has 0 saturated carbocycles. The SMILES string of the molecule is CNc1nc(C)c(-c2nc(Nc3ccc(N4CCN(C)CC4)cn3)ncc2C#N)s1. The third-order valence-electron chi connectivity index (χ3n) is 4.99. The molecule has 0 aromatic carbocycles. The summed E-state index contributed by atoms with van der Waals surface area (Å²) in [6.07, 6.45) is 3.40. The van der Waals surface area contributed by atoms with Gasteiger partial charge in [-0.1, -0.05) is 11.3 Å². The van der Waals surface area contributed by atoms with Crippen LogP contribution in [0, 0.1) is 18.3 Å². The van der Waals surface area contributed by atoms with Crippen LogP contribution in [0.3, 0.4) is 0 Å². The molecule has 1 saturated heterocycles. The number of thiazole rings is 1. The highest BCUT2D eigenvalue weighted by atomic mass is 32.1. The Balaban J connectivity index is 1.55. The second kappa shape index (κ2) is 8.61. The Morgan fingerprint density at radius 3 is 2.53 bits per heavy atom. The molecule has 3 aromatic rings. The molecule has 9 nitrogen and oxygen atoms in total. The molecule has 0 radical (unpaired) electrons. The molecule has 4 heterocycles. The van der Waals surface area contributed by atoms with Gasteiger partial charge in [0.05, 0.1) is 34.2 Å². The summed E-state index contributed by atoms with van der Waals surface area (Å²) in [7, 11) is 3.96. The molecular formula is C20H23N9S. The van der Waals surface area contributed by atoms with Gasteiger partial charge >= 0.3 is 0 Å². The first-order valence-electron chi connectivity index (χ1n) is 9.66. The van der Waals surface area contributed by atoms with E-state index in [0.29, 0.717) is 23.0 Å². The van der Waals surface area contributed by atoms with Crippen LogP contribution in [0.4, 0.5) is 22.6 Å². The van der Waals surface area contributed by atoms with E-state index >= 15 is 0 Å². The number of aryl methyl sites for hydroxylation is 1. The highest BCUT2D eigenvalue weighted by molar-refractivity contribution is 7.19. The van der Waals surface area contributed by atoms with Gasteiger partial charge in [0.2, 0.25) is 5.95 Å². The van der Waals surface area contributed by atoms with Crippen molar-refractivity contribution in [2.24, 2.45) is 0 Å². The summed E-state index contributed by atoms with van der Waals surface area (Å²) in [5.41, 5.74) is 2.91. The van der Waals surface area contributed by atoms with Gasteiger partial charge in [0.1, 0.15) is 17.6 Å². The Labute approximate surface area is 179 Å². The number of hydrogen-bond acceptors (Lipinski definition) is 10. The number of piperazine rings is 1. The Bertz CT molecular complexity index is 1060. The number of anilines is 4. The number of pyridine rings is 1. The minimum atomic E-state index is 0.391. The molecule has 1 fully saturated rings. The molecule has 30 heavy (non-hydrogen) atoms. The Kier molecular flexibility index (Phi) is 5.74. The molecule has 4 rings (SSSR count). The van der Waals surface area contributed by atoms with Gasteiger partial charge in [-0.3, -0.25) is 0 Å². The zero-order chi connectivity index (χ0) is 21.1. The van der Waals surface area contributed by atoms with E-state index in [1.165, 1.54) is 17.5 Å². The number of aromatic nitrogens is 4. The van der Waals surface area contributed by atoms with Crippen molar-refractivity contribution in [3.05, 3.63) is 35.8 Å². The number of likely N-dealkylation sites (N-methyl/N-ethyl adjacent to an activating group) is 1. The van der Waals surface area contributed by atoms with E-state index in [2.05, 4.69) is 59.6 Å². The maximum atomic E-state index is 9.48. The number of nitrogens with one attached hydrogen (secondary N) is 2. The van der Waals surface area contributed by atoms with Crippen LogP contribution < -0.4 is 15.5 Å². The van der Waals surface area contributed by atoms with Gasteiger partial charge in [0, 0.05) is 33.2 Å². The number of nitrogens with zero attached hydrogens (tertiary/aromatic N) is 7. The molecule has 0 bridgehead atoms. The van der Waals surface area contributed by atoms with E-state index < -0.39 is 0 Å². The minimum Gasteiger partial charge on any atom is -0.368 e. The van der Waals surface area contributed by atoms with Crippen LogP contribution in [-0.2, 0) is 0 Å². The van der Waals surface area contributed by atoms with E-state index in [1.54, 1.807) is 0 Å². The van der Waals surface area contributed by atoms with Crippen molar-refractivity contribution >= 4 is 33.9 Å². The van der Waals surface area contributed by atoms with E-state index in [4.69, 9.17) is 0 Å². The average Bonchev–Trinajstić information content (AvgIpc) is 3.15. The quantitative estimate of drug-likeness (QED) is 0.643. The molecular weight excluding hydrogens is 398 g/mol. The van der Waals surface area contributed by atoms with Gasteiger partial charge in [-0.2, -0.15) is 5.26 Å². The highest BCUT2D eigenvalue weighted by Gasteiger charge is 2.17. The van der Waals surface area contributed by atoms with Gasteiger partial charge in [-0.25, -0.2) is 19.9 Å². The van der Waals surface area contributed by atoms with Gasteiger partial charge in [0.15, 0.2) is 5.13 Å². The molecule has 154 valence electrons. The molecule has 0 spiro atoms. The first kappa shape index (κ1) is 20.0. The fourth-order valence-electron chi connectivity index (χ4n) is 3.25. The number of hydrogen-bond donors (Lipinski definition) is 2. The van der Waals surface area contributed by atoms with Crippen LogP contribution in [0.5, 0.6) is 0 Å². The molecule has 3 aromatic heterocycles.